The molecule has 5 heteroatoms. The van der Waals surface area contributed by atoms with Gasteiger partial charge >= 0.3 is 0 Å². The number of aromatic nitrogens is 2. The molecule has 1 aliphatic rings. The number of halogens is 1. The predicted octanol–water partition coefficient (Wildman–Crippen LogP) is 1.66. The Morgan fingerprint density at radius 3 is 2.81 bits per heavy atom. The average molecular weight is 241 g/mol. The molecule has 1 aliphatic heterocycles. The molecule has 1 aromatic rings. The number of nitrogens with zero attached hydrogens (tertiary/aromatic N) is 4. The quantitative estimate of drug-likeness (QED) is 0.787. The highest BCUT2D eigenvalue weighted by molar-refractivity contribution is 6.31. The van der Waals surface area contributed by atoms with Gasteiger partial charge in [-0.25, -0.2) is 9.97 Å². The van der Waals surface area contributed by atoms with E-state index < -0.39 is 0 Å². The van der Waals surface area contributed by atoms with E-state index in [9.17, 15) is 0 Å². The van der Waals surface area contributed by atoms with Crippen molar-refractivity contribution in [3.8, 4) is 0 Å². The van der Waals surface area contributed by atoms with Gasteiger partial charge in [0.1, 0.15) is 0 Å². The number of likely N-dealkylation sites (N-methyl/N-ethyl adjacent to an activating group) is 1. The van der Waals surface area contributed by atoms with Crippen molar-refractivity contribution >= 4 is 17.4 Å². The van der Waals surface area contributed by atoms with Crippen LogP contribution in [-0.4, -0.2) is 47.6 Å². The molecule has 0 aliphatic carbocycles. The van der Waals surface area contributed by atoms with Crippen LogP contribution in [0.5, 0.6) is 0 Å². The van der Waals surface area contributed by atoms with Crippen LogP contribution in [0.15, 0.2) is 12.4 Å². The Morgan fingerprint density at radius 1 is 1.38 bits per heavy atom. The van der Waals surface area contributed by atoms with E-state index in [1.54, 1.807) is 12.4 Å². The molecule has 0 spiro atoms. The third-order valence-corrected chi connectivity index (χ3v) is 3.45. The van der Waals surface area contributed by atoms with E-state index in [-0.39, 0.29) is 0 Å². The van der Waals surface area contributed by atoms with E-state index in [0.29, 0.717) is 11.2 Å². The minimum Gasteiger partial charge on any atom is -0.351 e. The Hall–Kier alpha value is -0.870. The zero-order chi connectivity index (χ0) is 11.5. The first kappa shape index (κ1) is 11.6. The first-order valence-corrected chi connectivity index (χ1v) is 6.02. The fraction of sp³-hybridized carbons (Fsp3) is 0.636. The average Bonchev–Trinajstić information content (AvgIpc) is 2.31. The molecule has 1 saturated heterocycles. The van der Waals surface area contributed by atoms with Crippen LogP contribution in [-0.2, 0) is 0 Å². The molecule has 1 aromatic heterocycles. The number of rotatable bonds is 2. The minimum absolute atomic E-state index is 0.502. The lowest BCUT2D eigenvalue weighted by Crippen LogP contribution is -2.51. The molecule has 1 unspecified atom stereocenters. The van der Waals surface area contributed by atoms with Crippen molar-refractivity contribution in [3.63, 3.8) is 0 Å². The van der Waals surface area contributed by atoms with Gasteiger partial charge < -0.3 is 4.90 Å². The van der Waals surface area contributed by atoms with Crippen molar-refractivity contribution in [1.82, 2.24) is 14.9 Å². The van der Waals surface area contributed by atoms with Crippen molar-refractivity contribution < 1.29 is 0 Å². The third-order valence-electron chi connectivity index (χ3n) is 3.18. The predicted molar refractivity (Wildman–Crippen MR) is 66.0 cm³/mol. The fourth-order valence-corrected chi connectivity index (χ4v) is 2.33. The van der Waals surface area contributed by atoms with Gasteiger partial charge in [0, 0.05) is 38.1 Å². The number of piperazine rings is 1. The molecule has 1 atom stereocenters. The molecule has 16 heavy (non-hydrogen) atoms. The highest BCUT2D eigenvalue weighted by atomic mass is 35.5. The minimum atomic E-state index is 0.502. The summed E-state index contributed by atoms with van der Waals surface area (Å²) in [6, 6.07) is 0.576. The van der Waals surface area contributed by atoms with E-state index >= 15 is 0 Å². The highest BCUT2D eigenvalue weighted by Crippen LogP contribution is 2.23. The van der Waals surface area contributed by atoms with E-state index in [0.717, 1.165) is 31.9 Å². The topological polar surface area (TPSA) is 32.3 Å². The number of hydrogen-bond donors (Lipinski definition) is 0. The molecule has 0 amide bonds. The van der Waals surface area contributed by atoms with Crippen LogP contribution in [0.3, 0.4) is 0 Å². The SMILES string of the molecule is CCC1CN(c2nccnc2Cl)CCN1C. The summed E-state index contributed by atoms with van der Waals surface area (Å²) >= 11 is 6.06. The lowest BCUT2D eigenvalue weighted by atomic mass is 10.1. The van der Waals surface area contributed by atoms with Crippen molar-refractivity contribution in [2.45, 2.75) is 19.4 Å². The Morgan fingerprint density at radius 2 is 2.12 bits per heavy atom. The van der Waals surface area contributed by atoms with Gasteiger partial charge in [0.2, 0.25) is 0 Å². The maximum Gasteiger partial charge on any atom is 0.171 e. The van der Waals surface area contributed by atoms with Crippen LogP contribution < -0.4 is 4.90 Å². The molecule has 0 bridgehead atoms. The maximum absolute atomic E-state index is 6.06. The number of hydrogen-bond acceptors (Lipinski definition) is 4. The highest BCUT2D eigenvalue weighted by Gasteiger charge is 2.24. The second-order valence-corrected chi connectivity index (χ2v) is 4.52. The Bertz CT molecular complexity index is 358. The summed E-state index contributed by atoms with van der Waals surface area (Å²) in [7, 11) is 2.17. The van der Waals surface area contributed by atoms with Crippen molar-refractivity contribution in [1.29, 1.82) is 0 Å². The summed E-state index contributed by atoms with van der Waals surface area (Å²) in [5.74, 6) is 0.815. The van der Waals surface area contributed by atoms with E-state index in [1.165, 1.54) is 0 Å². The molecule has 4 nitrogen and oxygen atoms in total. The lowest BCUT2D eigenvalue weighted by molar-refractivity contribution is 0.213. The molecular formula is C11H17ClN4. The normalized spacial score (nSPS) is 22.4. The number of anilines is 1. The third kappa shape index (κ3) is 2.28. The summed E-state index contributed by atoms with van der Waals surface area (Å²) in [6.45, 7) is 5.20. The molecule has 0 radical (unpaired) electrons. The van der Waals surface area contributed by atoms with Crippen molar-refractivity contribution in [2.75, 3.05) is 31.6 Å². The van der Waals surface area contributed by atoms with Gasteiger partial charge in [-0.1, -0.05) is 18.5 Å². The molecular weight excluding hydrogens is 224 g/mol. The van der Waals surface area contributed by atoms with Gasteiger partial charge in [0.25, 0.3) is 0 Å². The van der Waals surface area contributed by atoms with Crippen LogP contribution in [0, 0.1) is 0 Å². The Kier molecular flexibility index (Phi) is 3.61. The first-order chi connectivity index (χ1) is 7.72. The van der Waals surface area contributed by atoms with Gasteiger partial charge in [0.05, 0.1) is 0 Å². The fourth-order valence-electron chi connectivity index (χ4n) is 2.11. The summed E-state index contributed by atoms with van der Waals surface area (Å²) < 4.78 is 0. The molecule has 2 rings (SSSR count). The van der Waals surface area contributed by atoms with E-state index in [4.69, 9.17) is 11.6 Å². The zero-order valence-electron chi connectivity index (χ0n) is 9.73. The van der Waals surface area contributed by atoms with Gasteiger partial charge in [-0.3, -0.25) is 4.90 Å². The monoisotopic (exact) mass is 240 g/mol. The second-order valence-electron chi connectivity index (χ2n) is 4.16. The zero-order valence-corrected chi connectivity index (χ0v) is 10.5. The van der Waals surface area contributed by atoms with Crippen LogP contribution in [0.25, 0.3) is 0 Å². The van der Waals surface area contributed by atoms with Gasteiger partial charge in [-0.15, -0.1) is 0 Å². The molecule has 0 aromatic carbocycles. The molecule has 2 heterocycles. The van der Waals surface area contributed by atoms with Crippen LogP contribution in [0.4, 0.5) is 5.82 Å². The van der Waals surface area contributed by atoms with Crippen molar-refractivity contribution in [3.05, 3.63) is 17.5 Å². The van der Waals surface area contributed by atoms with E-state index in [2.05, 4.69) is 33.7 Å². The first-order valence-electron chi connectivity index (χ1n) is 5.64. The molecule has 0 saturated carbocycles. The summed E-state index contributed by atoms with van der Waals surface area (Å²) in [5, 5.41) is 0.502. The van der Waals surface area contributed by atoms with Gasteiger partial charge in [-0.05, 0) is 13.5 Å². The van der Waals surface area contributed by atoms with Gasteiger partial charge in [0.15, 0.2) is 11.0 Å². The molecule has 1 fully saturated rings. The van der Waals surface area contributed by atoms with Crippen LogP contribution in [0.2, 0.25) is 5.15 Å². The lowest BCUT2D eigenvalue weighted by Gasteiger charge is -2.39. The second kappa shape index (κ2) is 4.97. The largest absolute Gasteiger partial charge is 0.351 e. The van der Waals surface area contributed by atoms with Crippen LogP contribution >= 0.6 is 11.6 Å². The Labute approximate surface area is 101 Å². The Balaban J connectivity index is 2.14. The summed E-state index contributed by atoms with van der Waals surface area (Å²) in [5.41, 5.74) is 0. The standard InChI is InChI=1S/C11H17ClN4/c1-3-9-8-16(7-6-15(9)2)11-10(12)13-4-5-14-11/h4-5,9H,3,6-8H2,1-2H3. The van der Waals surface area contributed by atoms with Gasteiger partial charge in [-0.2, -0.15) is 0 Å². The summed E-state index contributed by atoms with van der Waals surface area (Å²) in [4.78, 5) is 13.0. The van der Waals surface area contributed by atoms with Crippen LogP contribution in [0.1, 0.15) is 13.3 Å². The van der Waals surface area contributed by atoms with E-state index in [1.807, 2.05) is 0 Å². The molecule has 88 valence electrons. The maximum atomic E-state index is 6.06. The summed E-state index contributed by atoms with van der Waals surface area (Å²) in [6.07, 6.45) is 4.46. The smallest absolute Gasteiger partial charge is 0.171 e. The van der Waals surface area contributed by atoms with Crippen molar-refractivity contribution in [2.24, 2.45) is 0 Å². The molecule has 0 N–H and O–H groups in total.